The van der Waals surface area contributed by atoms with Crippen molar-refractivity contribution in [2.45, 2.75) is 77.8 Å². The van der Waals surface area contributed by atoms with Crippen LogP contribution in [0.2, 0.25) is 0 Å². The molecule has 1 saturated carbocycles. The van der Waals surface area contributed by atoms with Gasteiger partial charge < -0.3 is 5.32 Å². The largest absolute Gasteiger partial charge is 0.311 e. The minimum atomic E-state index is 0.728. The highest BCUT2D eigenvalue weighted by molar-refractivity contribution is 4.87. The van der Waals surface area contributed by atoms with Crippen LogP contribution in [0.1, 0.15) is 65.7 Å². The molecule has 2 rings (SSSR count). The van der Waals surface area contributed by atoms with Crippen molar-refractivity contribution in [2.75, 3.05) is 19.6 Å². The minimum absolute atomic E-state index is 0.728. The summed E-state index contributed by atoms with van der Waals surface area (Å²) in [7, 11) is 0. The van der Waals surface area contributed by atoms with Crippen molar-refractivity contribution in [3.63, 3.8) is 0 Å². The molecule has 0 aromatic heterocycles. The molecular formula is C17H34N2. The van der Waals surface area contributed by atoms with E-state index in [-0.39, 0.29) is 0 Å². The van der Waals surface area contributed by atoms with Gasteiger partial charge in [-0.3, -0.25) is 4.90 Å². The molecule has 0 aromatic carbocycles. The van der Waals surface area contributed by atoms with Crippen LogP contribution < -0.4 is 5.32 Å². The van der Waals surface area contributed by atoms with E-state index >= 15 is 0 Å². The lowest BCUT2D eigenvalue weighted by atomic mass is 9.88. The summed E-state index contributed by atoms with van der Waals surface area (Å²) >= 11 is 0. The first-order valence-electron chi connectivity index (χ1n) is 8.66. The van der Waals surface area contributed by atoms with Crippen LogP contribution in [0, 0.1) is 11.8 Å². The van der Waals surface area contributed by atoms with Crippen LogP contribution in [0.25, 0.3) is 0 Å². The molecule has 2 nitrogen and oxygen atoms in total. The Morgan fingerprint density at radius 1 is 1.16 bits per heavy atom. The number of hydrogen-bond donors (Lipinski definition) is 1. The van der Waals surface area contributed by atoms with E-state index < -0.39 is 0 Å². The quantitative estimate of drug-likeness (QED) is 0.817. The Morgan fingerprint density at radius 3 is 2.53 bits per heavy atom. The van der Waals surface area contributed by atoms with E-state index in [0.717, 1.165) is 23.9 Å². The Bertz CT molecular complexity index is 246. The maximum absolute atomic E-state index is 3.78. The zero-order chi connectivity index (χ0) is 13.7. The monoisotopic (exact) mass is 266 g/mol. The summed E-state index contributed by atoms with van der Waals surface area (Å²) in [6, 6.07) is 1.51. The van der Waals surface area contributed by atoms with Crippen molar-refractivity contribution in [2.24, 2.45) is 11.8 Å². The maximum Gasteiger partial charge on any atom is 0.0218 e. The smallest absolute Gasteiger partial charge is 0.0218 e. The zero-order valence-corrected chi connectivity index (χ0v) is 13.3. The Morgan fingerprint density at radius 2 is 1.89 bits per heavy atom. The van der Waals surface area contributed by atoms with Gasteiger partial charge in [-0.2, -0.15) is 0 Å². The normalized spacial score (nSPS) is 30.9. The number of rotatable bonds is 5. The summed E-state index contributed by atoms with van der Waals surface area (Å²) in [5.41, 5.74) is 0. The lowest BCUT2D eigenvalue weighted by Gasteiger charge is -2.42. The topological polar surface area (TPSA) is 15.3 Å². The molecule has 0 amide bonds. The number of nitrogens with one attached hydrogen (secondary N) is 1. The second kappa shape index (κ2) is 7.64. The summed E-state index contributed by atoms with van der Waals surface area (Å²) in [6.45, 7) is 10.9. The van der Waals surface area contributed by atoms with Gasteiger partial charge in [-0.15, -0.1) is 0 Å². The molecule has 112 valence electrons. The first-order valence-corrected chi connectivity index (χ1v) is 8.66. The van der Waals surface area contributed by atoms with Crippen LogP contribution in [-0.2, 0) is 0 Å². The van der Waals surface area contributed by atoms with Gasteiger partial charge in [0.05, 0.1) is 0 Å². The first kappa shape index (κ1) is 15.3. The van der Waals surface area contributed by atoms with Gasteiger partial charge >= 0.3 is 0 Å². The van der Waals surface area contributed by atoms with Crippen LogP contribution in [0.15, 0.2) is 0 Å². The van der Waals surface area contributed by atoms with Gasteiger partial charge in [0.15, 0.2) is 0 Å². The third-order valence-electron chi connectivity index (χ3n) is 5.06. The van der Waals surface area contributed by atoms with Crippen molar-refractivity contribution in [3.05, 3.63) is 0 Å². The number of hydrogen-bond acceptors (Lipinski definition) is 2. The van der Waals surface area contributed by atoms with E-state index in [4.69, 9.17) is 0 Å². The van der Waals surface area contributed by atoms with Crippen molar-refractivity contribution < 1.29 is 0 Å². The lowest BCUT2D eigenvalue weighted by Crippen LogP contribution is -2.57. The molecule has 0 bridgehead atoms. The molecule has 1 heterocycles. The molecule has 1 aliphatic carbocycles. The number of piperazine rings is 1. The van der Waals surface area contributed by atoms with Crippen molar-refractivity contribution in [1.29, 1.82) is 0 Å². The average molecular weight is 266 g/mol. The third-order valence-corrected chi connectivity index (χ3v) is 5.06. The highest BCUT2D eigenvalue weighted by Gasteiger charge is 2.29. The minimum Gasteiger partial charge on any atom is -0.311 e. The van der Waals surface area contributed by atoms with Crippen LogP contribution >= 0.6 is 0 Å². The van der Waals surface area contributed by atoms with E-state index in [0.29, 0.717) is 0 Å². The van der Waals surface area contributed by atoms with Gasteiger partial charge in [0.25, 0.3) is 0 Å². The second-order valence-electron chi connectivity index (χ2n) is 7.25. The molecule has 2 heteroatoms. The molecule has 0 radical (unpaired) electrons. The van der Waals surface area contributed by atoms with Gasteiger partial charge in [-0.1, -0.05) is 40.0 Å². The fourth-order valence-corrected chi connectivity index (χ4v) is 3.98. The van der Waals surface area contributed by atoms with Crippen LogP contribution in [0.5, 0.6) is 0 Å². The Hall–Kier alpha value is -0.0800. The highest BCUT2D eigenvalue weighted by Crippen LogP contribution is 2.26. The lowest BCUT2D eigenvalue weighted by molar-refractivity contribution is 0.0912. The molecule has 2 fully saturated rings. The molecule has 0 aromatic rings. The standard InChI is InChI=1S/C17H34N2/c1-4-17-11-18-16(10-14(2)3)13-19(17)12-15-8-6-5-7-9-15/h14-18H,4-13H2,1-3H3. The zero-order valence-electron chi connectivity index (χ0n) is 13.3. The molecule has 2 atom stereocenters. The Labute approximate surface area is 120 Å². The summed E-state index contributed by atoms with van der Waals surface area (Å²) in [4.78, 5) is 2.82. The highest BCUT2D eigenvalue weighted by atomic mass is 15.2. The van der Waals surface area contributed by atoms with Crippen molar-refractivity contribution in [3.8, 4) is 0 Å². The van der Waals surface area contributed by atoms with Crippen LogP contribution in [0.3, 0.4) is 0 Å². The van der Waals surface area contributed by atoms with E-state index in [9.17, 15) is 0 Å². The SMILES string of the molecule is CCC1CNC(CC(C)C)CN1CC1CCCCC1. The molecule has 19 heavy (non-hydrogen) atoms. The maximum atomic E-state index is 3.78. The van der Waals surface area contributed by atoms with Crippen molar-refractivity contribution in [1.82, 2.24) is 10.2 Å². The van der Waals surface area contributed by atoms with Gasteiger partial charge in [-0.25, -0.2) is 0 Å². The number of nitrogens with zero attached hydrogens (tertiary/aromatic N) is 1. The average Bonchev–Trinajstić information content (AvgIpc) is 2.39. The van der Waals surface area contributed by atoms with Gasteiger partial charge in [-0.05, 0) is 37.5 Å². The molecular weight excluding hydrogens is 232 g/mol. The van der Waals surface area contributed by atoms with E-state index in [2.05, 4.69) is 31.0 Å². The van der Waals surface area contributed by atoms with Crippen molar-refractivity contribution >= 4 is 0 Å². The molecule has 1 aliphatic heterocycles. The van der Waals surface area contributed by atoms with Crippen LogP contribution in [-0.4, -0.2) is 36.6 Å². The van der Waals surface area contributed by atoms with E-state index in [1.807, 2.05) is 0 Å². The molecule has 2 aliphatic rings. The summed E-state index contributed by atoms with van der Waals surface area (Å²) < 4.78 is 0. The summed E-state index contributed by atoms with van der Waals surface area (Å²) in [5.74, 6) is 1.80. The molecule has 2 unspecified atom stereocenters. The summed E-state index contributed by atoms with van der Waals surface area (Å²) in [5, 5.41) is 3.78. The molecule has 1 N–H and O–H groups in total. The fourth-order valence-electron chi connectivity index (χ4n) is 3.98. The second-order valence-corrected chi connectivity index (χ2v) is 7.25. The van der Waals surface area contributed by atoms with E-state index in [1.54, 1.807) is 0 Å². The fraction of sp³-hybridized carbons (Fsp3) is 1.00. The molecule has 0 spiro atoms. The Balaban J connectivity index is 1.85. The first-order chi connectivity index (χ1) is 9.19. The third kappa shape index (κ3) is 4.75. The Kier molecular flexibility index (Phi) is 6.15. The van der Waals surface area contributed by atoms with Gasteiger partial charge in [0.2, 0.25) is 0 Å². The predicted molar refractivity (Wildman–Crippen MR) is 83.5 cm³/mol. The van der Waals surface area contributed by atoms with Gasteiger partial charge in [0, 0.05) is 31.7 Å². The predicted octanol–water partition coefficient (Wildman–Crippen LogP) is 3.67. The summed E-state index contributed by atoms with van der Waals surface area (Å²) in [6.07, 6.45) is 10.0. The van der Waals surface area contributed by atoms with Crippen LogP contribution in [0.4, 0.5) is 0 Å². The van der Waals surface area contributed by atoms with Gasteiger partial charge in [0.1, 0.15) is 0 Å². The van der Waals surface area contributed by atoms with E-state index in [1.165, 1.54) is 64.6 Å². The molecule has 1 saturated heterocycles.